The van der Waals surface area contributed by atoms with Gasteiger partial charge in [0, 0.05) is 0 Å². The first-order chi connectivity index (χ1) is 6.97. The van der Waals surface area contributed by atoms with Crippen LogP contribution in [0.3, 0.4) is 0 Å². The van der Waals surface area contributed by atoms with Crippen molar-refractivity contribution in [3.05, 3.63) is 0 Å². The Morgan fingerprint density at radius 1 is 1.47 bits per heavy atom. The van der Waals surface area contributed by atoms with Crippen molar-refractivity contribution in [2.75, 3.05) is 6.61 Å². The molecule has 0 bridgehead atoms. The van der Waals surface area contributed by atoms with Gasteiger partial charge in [-0.2, -0.15) is 0 Å². The van der Waals surface area contributed by atoms with Crippen LogP contribution < -0.4 is 5.73 Å². The topological polar surface area (TPSA) is 122 Å². The smallest absolute Gasteiger partial charge is 0.404 e. The number of amides is 1. The fourth-order valence-electron chi connectivity index (χ4n) is 1.54. The molecule has 5 N–H and O–H groups in total. The molecule has 7 heteroatoms. The molecule has 1 rings (SSSR count). The maximum absolute atomic E-state index is 10.5. The fourth-order valence-corrected chi connectivity index (χ4v) is 1.54. The predicted molar refractivity (Wildman–Crippen MR) is 47.9 cm³/mol. The van der Waals surface area contributed by atoms with Crippen molar-refractivity contribution in [1.82, 2.24) is 0 Å². The third-order valence-corrected chi connectivity index (χ3v) is 2.36. The maximum Gasteiger partial charge on any atom is 0.404 e. The molecule has 88 valence electrons. The number of carbonyl (C=O) groups excluding carboxylic acids is 1. The highest BCUT2D eigenvalue weighted by molar-refractivity contribution is 5.65. The minimum atomic E-state index is -1.30. The van der Waals surface area contributed by atoms with Crippen LogP contribution in [-0.4, -0.2) is 58.5 Å². The zero-order valence-electron chi connectivity index (χ0n) is 8.24. The minimum Gasteiger partial charge on any atom is -0.441 e. The first-order valence-electron chi connectivity index (χ1n) is 4.56. The van der Waals surface area contributed by atoms with E-state index in [2.05, 4.69) is 4.74 Å². The highest BCUT2D eigenvalue weighted by Gasteiger charge is 2.44. The Bertz CT molecular complexity index is 235. The molecule has 15 heavy (non-hydrogen) atoms. The minimum absolute atomic E-state index is 0.434. The lowest BCUT2D eigenvalue weighted by molar-refractivity contribution is -0.223. The SMILES string of the molecule is CC1OC(CO)[C@@H](O)C(OC(N)=O)C1O. The molecule has 1 saturated heterocycles. The summed E-state index contributed by atoms with van der Waals surface area (Å²) in [5, 5.41) is 28.0. The molecule has 4 unspecified atom stereocenters. The lowest BCUT2D eigenvalue weighted by Gasteiger charge is -2.40. The lowest BCUT2D eigenvalue weighted by Crippen LogP contribution is -2.59. The van der Waals surface area contributed by atoms with Gasteiger partial charge >= 0.3 is 6.09 Å². The number of hydrogen-bond donors (Lipinski definition) is 4. The van der Waals surface area contributed by atoms with Crippen molar-refractivity contribution in [2.45, 2.75) is 37.4 Å². The largest absolute Gasteiger partial charge is 0.441 e. The summed E-state index contributed by atoms with van der Waals surface area (Å²) < 4.78 is 9.66. The van der Waals surface area contributed by atoms with E-state index in [1.54, 1.807) is 0 Å². The van der Waals surface area contributed by atoms with Gasteiger partial charge in [0.15, 0.2) is 6.10 Å². The number of carbonyl (C=O) groups is 1. The third-order valence-electron chi connectivity index (χ3n) is 2.36. The van der Waals surface area contributed by atoms with Crippen molar-refractivity contribution < 1.29 is 29.6 Å². The van der Waals surface area contributed by atoms with Gasteiger partial charge in [-0.25, -0.2) is 4.79 Å². The first kappa shape index (κ1) is 12.2. The quantitative estimate of drug-likeness (QED) is 0.426. The average molecular weight is 221 g/mol. The highest BCUT2D eigenvalue weighted by atomic mass is 16.6. The lowest BCUT2D eigenvalue weighted by atomic mass is 9.96. The molecule has 5 atom stereocenters. The van der Waals surface area contributed by atoms with Gasteiger partial charge in [0.25, 0.3) is 0 Å². The van der Waals surface area contributed by atoms with E-state index in [4.69, 9.17) is 15.6 Å². The van der Waals surface area contributed by atoms with Crippen molar-refractivity contribution in [1.29, 1.82) is 0 Å². The van der Waals surface area contributed by atoms with E-state index in [9.17, 15) is 15.0 Å². The Labute approximate surface area is 86.4 Å². The summed E-state index contributed by atoms with van der Waals surface area (Å²) in [5.74, 6) is 0. The number of nitrogens with two attached hydrogens (primary N) is 1. The number of primary amides is 1. The Morgan fingerprint density at radius 3 is 2.53 bits per heavy atom. The molecule has 0 aromatic carbocycles. The third kappa shape index (κ3) is 2.57. The van der Waals surface area contributed by atoms with E-state index in [0.29, 0.717) is 0 Å². The van der Waals surface area contributed by atoms with Crippen LogP contribution >= 0.6 is 0 Å². The molecule has 0 radical (unpaired) electrons. The number of rotatable bonds is 2. The molecule has 1 fully saturated rings. The average Bonchev–Trinajstić information content (AvgIpc) is 2.18. The Hall–Kier alpha value is -0.890. The predicted octanol–water partition coefficient (Wildman–Crippen LogP) is -2.05. The molecule has 0 aliphatic carbocycles. The van der Waals surface area contributed by atoms with E-state index < -0.39 is 43.2 Å². The molecule has 0 aromatic rings. The van der Waals surface area contributed by atoms with Crippen molar-refractivity contribution >= 4 is 6.09 Å². The summed E-state index contributed by atoms with van der Waals surface area (Å²) >= 11 is 0. The Balaban J connectivity index is 2.74. The number of aliphatic hydroxyl groups is 3. The van der Waals surface area contributed by atoms with Crippen molar-refractivity contribution in [3.63, 3.8) is 0 Å². The molecule has 0 saturated carbocycles. The van der Waals surface area contributed by atoms with E-state index in [1.165, 1.54) is 6.92 Å². The zero-order valence-corrected chi connectivity index (χ0v) is 8.24. The maximum atomic E-state index is 10.5. The van der Waals surface area contributed by atoms with Crippen LogP contribution in [0.25, 0.3) is 0 Å². The highest BCUT2D eigenvalue weighted by Crippen LogP contribution is 2.23. The van der Waals surface area contributed by atoms with Crippen molar-refractivity contribution in [3.8, 4) is 0 Å². The zero-order chi connectivity index (χ0) is 11.6. The van der Waals surface area contributed by atoms with Gasteiger partial charge in [0.2, 0.25) is 0 Å². The van der Waals surface area contributed by atoms with Gasteiger partial charge in [-0.1, -0.05) is 0 Å². The van der Waals surface area contributed by atoms with Crippen molar-refractivity contribution in [2.24, 2.45) is 5.73 Å². The van der Waals surface area contributed by atoms with E-state index >= 15 is 0 Å². The van der Waals surface area contributed by atoms with E-state index in [0.717, 1.165) is 0 Å². The first-order valence-corrected chi connectivity index (χ1v) is 4.56. The van der Waals surface area contributed by atoms with E-state index in [-0.39, 0.29) is 0 Å². The molecule has 1 amide bonds. The summed E-state index contributed by atoms with van der Waals surface area (Å²) in [6, 6.07) is 0. The van der Waals surface area contributed by atoms with Gasteiger partial charge < -0.3 is 30.5 Å². The second-order valence-corrected chi connectivity index (χ2v) is 3.44. The molecule has 0 spiro atoms. The Morgan fingerprint density at radius 2 is 2.07 bits per heavy atom. The summed E-state index contributed by atoms with van der Waals surface area (Å²) in [6.07, 6.45) is -6.29. The standard InChI is InChI=1S/C8H15NO6/c1-3-5(11)7(15-8(9)13)6(12)4(2-10)14-3/h3-7,10-12H,2H2,1H3,(H2,9,13)/t3?,4?,5?,6-,7?/m1/s1. The fraction of sp³-hybridized carbons (Fsp3) is 0.875. The number of hydrogen-bond acceptors (Lipinski definition) is 6. The Kier molecular flexibility index (Phi) is 3.86. The normalized spacial score (nSPS) is 41.2. The van der Waals surface area contributed by atoms with Gasteiger partial charge in [0.05, 0.1) is 12.7 Å². The summed E-state index contributed by atoms with van der Waals surface area (Å²) in [5.41, 5.74) is 4.79. The summed E-state index contributed by atoms with van der Waals surface area (Å²) in [7, 11) is 0. The van der Waals surface area contributed by atoms with Gasteiger partial charge in [-0.15, -0.1) is 0 Å². The van der Waals surface area contributed by atoms with Crippen LogP contribution in [0.4, 0.5) is 4.79 Å². The molecule has 7 nitrogen and oxygen atoms in total. The van der Waals surface area contributed by atoms with E-state index in [1.807, 2.05) is 0 Å². The van der Waals surface area contributed by atoms with Gasteiger partial charge in [0.1, 0.15) is 18.3 Å². The summed E-state index contributed by atoms with van der Waals surface area (Å²) in [6.45, 7) is 1.10. The number of aliphatic hydroxyl groups excluding tert-OH is 3. The second-order valence-electron chi connectivity index (χ2n) is 3.44. The molecule has 1 aliphatic rings. The molecule has 1 heterocycles. The number of ether oxygens (including phenoxy) is 2. The van der Waals surface area contributed by atoms with Crippen LogP contribution in [0.15, 0.2) is 0 Å². The molecule has 0 aromatic heterocycles. The van der Waals surface area contributed by atoms with Crippen LogP contribution in [0.1, 0.15) is 6.92 Å². The van der Waals surface area contributed by atoms with Crippen LogP contribution in [0.2, 0.25) is 0 Å². The van der Waals surface area contributed by atoms with Gasteiger partial charge in [-0.05, 0) is 6.92 Å². The van der Waals surface area contributed by atoms with Crippen LogP contribution in [0.5, 0.6) is 0 Å². The van der Waals surface area contributed by atoms with Crippen LogP contribution in [-0.2, 0) is 9.47 Å². The van der Waals surface area contributed by atoms with Crippen LogP contribution in [0, 0.1) is 0 Å². The molecular weight excluding hydrogens is 206 g/mol. The van der Waals surface area contributed by atoms with Gasteiger partial charge in [-0.3, -0.25) is 0 Å². The summed E-state index contributed by atoms with van der Waals surface area (Å²) in [4.78, 5) is 10.5. The monoisotopic (exact) mass is 221 g/mol. The second kappa shape index (κ2) is 4.75. The molecule has 1 aliphatic heterocycles. The molecular formula is C8H15NO6.